The first-order valence-electron chi connectivity index (χ1n) is 8.15. The number of hydrogen-bond donors (Lipinski definition) is 3. The highest BCUT2D eigenvalue weighted by molar-refractivity contribution is 7.97. The van der Waals surface area contributed by atoms with Crippen molar-refractivity contribution in [2.75, 3.05) is 18.1 Å². The lowest BCUT2D eigenvalue weighted by atomic mass is 9.93. The normalized spacial score (nSPS) is 32.3. The molecule has 3 rings (SSSR count). The number of hydrazine groups is 1. The average molecular weight is 360 g/mol. The van der Waals surface area contributed by atoms with Crippen LogP contribution in [0.2, 0.25) is 0 Å². The highest BCUT2D eigenvalue weighted by Crippen LogP contribution is 2.26. The number of sulfone groups is 1. The number of hydrogen-bond acceptors (Lipinski definition) is 6. The molecule has 0 radical (unpaired) electrons. The minimum Gasteiger partial charge on any atom is -0.615 e. The molecule has 132 valence electrons. The summed E-state index contributed by atoms with van der Waals surface area (Å²) < 4.78 is 23.0. The summed E-state index contributed by atoms with van der Waals surface area (Å²) in [5.74, 6) is -0.550. The summed E-state index contributed by atoms with van der Waals surface area (Å²) in [6.45, 7) is 0.593. The fraction of sp³-hybridized carbons (Fsp3) is 0.412. The average Bonchev–Trinajstić information content (AvgIpc) is 3.19. The number of carbonyl (C=O) groups is 1. The van der Waals surface area contributed by atoms with Gasteiger partial charge in [-0.25, -0.2) is 5.43 Å². The van der Waals surface area contributed by atoms with Crippen LogP contribution in [0.5, 0.6) is 0 Å². The molecule has 2 fully saturated rings. The van der Waals surface area contributed by atoms with Crippen molar-refractivity contribution in [1.29, 1.82) is 5.26 Å². The Morgan fingerprint density at radius 3 is 2.80 bits per heavy atom. The topological polar surface area (TPSA) is 117 Å². The van der Waals surface area contributed by atoms with Crippen LogP contribution in [0.25, 0.3) is 0 Å². The number of nitrogens with one attached hydrogen (secondary N) is 3. The lowest BCUT2D eigenvalue weighted by Crippen LogP contribution is -2.37. The molecule has 4 unspecified atom stereocenters. The molecule has 0 aromatic heterocycles. The van der Waals surface area contributed by atoms with Gasteiger partial charge in [-0.2, -0.15) is 5.26 Å². The van der Waals surface area contributed by atoms with Crippen LogP contribution in [-0.2, 0) is 19.2 Å². The SMILES string of the molecule is N#C/C(=C\C1CNNC1c1ccccc1)C(=O)NC1CC[S+](=O)([O-])C1. The van der Waals surface area contributed by atoms with Crippen molar-refractivity contribution in [2.24, 2.45) is 5.92 Å². The van der Waals surface area contributed by atoms with E-state index in [0.717, 1.165) is 5.56 Å². The van der Waals surface area contributed by atoms with Crippen molar-refractivity contribution < 1.29 is 13.6 Å². The molecule has 0 saturated carbocycles. The van der Waals surface area contributed by atoms with Gasteiger partial charge in [-0.3, -0.25) is 10.2 Å². The van der Waals surface area contributed by atoms with E-state index in [2.05, 4.69) is 16.2 Å². The van der Waals surface area contributed by atoms with Crippen molar-refractivity contribution in [2.45, 2.75) is 18.5 Å². The van der Waals surface area contributed by atoms with Gasteiger partial charge in [0.05, 0.1) is 12.1 Å². The first-order valence-corrected chi connectivity index (χ1v) is 9.97. The summed E-state index contributed by atoms with van der Waals surface area (Å²) in [5.41, 5.74) is 7.30. The molecule has 7 nitrogen and oxygen atoms in total. The Morgan fingerprint density at radius 1 is 1.40 bits per heavy atom. The Labute approximate surface area is 147 Å². The van der Waals surface area contributed by atoms with E-state index in [4.69, 9.17) is 0 Å². The Bertz CT molecular complexity index is 759. The van der Waals surface area contributed by atoms with Crippen molar-refractivity contribution >= 4 is 16.1 Å². The maximum absolute atomic E-state index is 12.3. The van der Waals surface area contributed by atoms with Crippen LogP contribution in [0, 0.1) is 17.2 Å². The Balaban J connectivity index is 1.70. The number of benzene rings is 1. The van der Waals surface area contributed by atoms with Crippen molar-refractivity contribution in [3.8, 4) is 6.07 Å². The first kappa shape index (κ1) is 17.8. The highest BCUT2D eigenvalue weighted by Gasteiger charge is 2.34. The highest BCUT2D eigenvalue weighted by atomic mass is 32.3. The summed E-state index contributed by atoms with van der Waals surface area (Å²) >= 11 is 0. The van der Waals surface area contributed by atoms with Gasteiger partial charge in [0.1, 0.15) is 23.1 Å². The second kappa shape index (κ2) is 7.45. The smallest absolute Gasteiger partial charge is 0.261 e. The molecule has 2 aliphatic rings. The van der Waals surface area contributed by atoms with Crippen molar-refractivity contribution in [3.63, 3.8) is 0 Å². The molecule has 1 aromatic rings. The second-order valence-electron chi connectivity index (χ2n) is 6.34. The lowest BCUT2D eigenvalue weighted by molar-refractivity contribution is -0.117. The molecule has 0 spiro atoms. The molecule has 2 heterocycles. The number of rotatable bonds is 4. The quantitative estimate of drug-likeness (QED) is 0.407. The number of carbonyl (C=O) groups excluding carboxylic acids is 1. The van der Waals surface area contributed by atoms with Crippen LogP contribution in [0.15, 0.2) is 42.0 Å². The maximum atomic E-state index is 12.3. The Kier molecular flexibility index (Phi) is 5.30. The minimum absolute atomic E-state index is 0.0146. The third-order valence-corrected chi connectivity index (χ3v) is 6.26. The fourth-order valence-corrected chi connectivity index (χ4v) is 4.88. The zero-order chi connectivity index (χ0) is 17.9. The predicted molar refractivity (Wildman–Crippen MR) is 92.6 cm³/mol. The van der Waals surface area contributed by atoms with Gasteiger partial charge in [0.25, 0.3) is 5.91 Å². The van der Waals surface area contributed by atoms with Gasteiger partial charge in [0.2, 0.25) is 0 Å². The molecule has 25 heavy (non-hydrogen) atoms. The maximum Gasteiger partial charge on any atom is 0.261 e. The number of nitrogens with zero attached hydrogens (tertiary/aromatic N) is 1. The minimum atomic E-state index is -3.08. The van der Waals surface area contributed by atoms with E-state index in [0.29, 0.717) is 13.0 Å². The van der Waals surface area contributed by atoms with Gasteiger partial charge in [-0.1, -0.05) is 36.4 Å². The van der Waals surface area contributed by atoms with E-state index < -0.39 is 22.2 Å². The summed E-state index contributed by atoms with van der Waals surface area (Å²) in [5, 5.41) is 12.0. The Hall–Kier alpha value is -2.05. The van der Waals surface area contributed by atoms with Crippen LogP contribution in [0.1, 0.15) is 18.0 Å². The predicted octanol–water partition coefficient (Wildman–Crippen LogP) is 0.420. The van der Waals surface area contributed by atoms with Crippen LogP contribution in [0.3, 0.4) is 0 Å². The molecular weight excluding hydrogens is 340 g/mol. The summed E-state index contributed by atoms with van der Waals surface area (Å²) in [6.07, 6.45) is 2.05. The van der Waals surface area contributed by atoms with Gasteiger partial charge >= 0.3 is 0 Å². The molecule has 8 heteroatoms. The number of amides is 1. The van der Waals surface area contributed by atoms with E-state index >= 15 is 0 Å². The molecule has 0 aliphatic carbocycles. The third-order valence-electron chi connectivity index (χ3n) is 4.50. The summed E-state index contributed by atoms with van der Waals surface area (Å²) in [7, 11) is -3.08. The van der Waals surface area contributed by atoms with E-state index in [9.17, 15) is 18.8 Å². The molecule has 4 atom stereocenters. The van der Waals surface area contributed by atoms with Crippen molar-refractivity contribution in [1.82, 2.24) is 16.2 Å². The molecular formula is C17H20N4O3S. The van der Waals surface area contributed by atoms with Crippen LogP contribution < -0.4 is 16.2 Å². The third kappa shape index (κ3) is 4.32. The zero-order valence-corrected chi connectivity index (χ0v) is 14.4. The van der Waals surface area contributed by atoms with Gasteiger partial charge in [-0.15, -0.1) is 4.21 Å². The van der Waals surface area contributed by atoms with Gasteiger partial charge < -0.3 is 9.87 Å². The molecule has 3 N–H and O–H groups in total. The van der Waals surface area contributed by atoms with E-state index in [-0.39, 0.29) is 29.0 Å². The first-order chi connectivity index (χ1) is 12.0. The molecule has 2 saturated heterocycles. The summed E-state index contributed by atoms with van der Waals surface area (Å²) in [6, 6.07) is 11.3. The van der Waals surface area contributed by atoms with Crippen LogP contribution >= 0.6 is 0 Å². The van der Waals surface area contributed by atoms with Gasteiger partial charge in [-0.05, 0) is 5.56 Å². The standard InChI is InChI=1S/C17H20N4O3S/c18-9-13(17(22)20-15-6-7-25(23,24)11-15)8-14-10-19-21-16(14)12-4-2-1-3-5-12/h1-5,8,14-16,19,21H,6-7,10-11H2,(H-,20,22,23,24)/b13-8+. The van der Waals surface area contributed by atoms with Crippen molar-refractivity contribution in [3.05, 3.63) is 47.5 Å². The summed E-state index contributed by atoms with van der Waals surface area (Å²) in [4.78, 5) is 12.3. The van der Waals surface area contributed by atoms with Crippen LogP contribution in [-0.4, -0.2) is 34.6 Å². The second-order valence-corrected chi connectivity index (χ2v) is 8.57. The zero-order valence-electron chi connectivity index (χ0n) is 13.6. The lowest BCUT2D eigenvalue weighted by Gasteiger charge is -2.16. The molecule has 2 aliphatic heterocycles. The number of nitriles is 1. The molecule has 1 amide bonds. The molecule has 1 aromatic carbocycles. The van der Waals surface area contributed by atoms with Crippen LogP contribution in [0.4, 0.5) is 0 Å². The Morgan fingerprint density at radius 2 is 2.16 bits per heavy atom. The fourth-order valence-electron chi connectivity index (χ4n) is 3.21. The van der Waals surface area contributed by atoms with E-state index in [1.807, 2.05) is 36.4 Å². The van der Waals surface area contributed by atoms with Gasteiger partial charge in [0.15, 0.2) is 0 Å². The largest absolute Gasteiger partial charge is 0.615 e. The van der Waals surface area contributed by atoms with Gasteiger partial charge in [0, 0.05) is 29.1 Å². The van der Waals surface area contributed by atoms with E-state index in [1.54, 1.807) is 6.08 Å². The monoisotopic (exact) mass is 360 g/mol. The molecule has 0 bridgehead atoms. The van der Waals surface area contributed by atoms with E-state index in [1.165, 1.54) is 0 Å².